The summed E-state index contributed by atoms with van der Waals surface area (Å²) < 4.78 is 6.81. The number of hydrogen-bond donors (Lipinski definition) is 1. The van der Waals surface area contributed by atoms with E-state index >= 15 is 0 Å². The van der Waals surface area contributed by atoms with Crippen LogP contribution in [0, 0.1) is 0 Å². The van der Waals surface area contributed by atoms with Gasteiger partial charge in [-0.25, -0.2) is 0 Å². The minimum atomic E-state index is -0.353. The van der Waals surface area contributed by atoms with Crippen LogP contribution in [0.1, 0.15) is 17.3 Å². The molecule has 0 saturated heterocycles. The SMILES string of the molecule is COCCn1ncc(Cl)c1C(N)Cc1c(Cl)cccc1Cl. The molecule has 2 rings (SSSR count). The molecule has 1 heterocycles. The fourth-order valence-corrected chi connectivity index (χ4v) is 2.97. The molecule has 2 N–H and O–H groups in total. The molecule has 0 amide bonds. The summed E-state index contributed by atoms with van der Waals surface area (Å²) in [5, 5.41) is 5.94. The van der Waals surface area contributed by atoms with Crippen molar-refractivity contribution in [1.82, 2.24) is 9.78 Å². The molecule has 0 spiro atoms. The van der Waals surface area contributed by atoms with E-state index in [0.717, 1.165) is 11.3 Å². The third kappa shape index (κ3) is 3.90. The summed E-state index contributed by atoms with van der Waals surface area (Å²) >= 11 is 18.6. The molecule has 21 heavy (non-hydrogen) atoms. The number of rotatable bonds is 6. The molecule has 0 fully saturated rings. The molecule has 114 valence electrons. The number of ether oxygens (including phenoxy) is 1. The van der Waals surface area contributed by atoms with E-state index in [0.29, 0.717) is 34.6 Å². The maximum absolute atomic E-state index is 6.28. The zero-order chi connectivity index (χ0) is 15.4. The van der Waals surface area contributed by atoms with Crippen LogP contribution in [0.25, 0.3) is 0 Å². The lowest BCUT2D eigenvalue weighted by atomic mass is 10.0. The van der Waals surface area contributed by atoms with E-state index in [1.165, 1.54) is 0 Å². The Hall–Kier alpha value is -0.780. The van der Waals surface area contributed by atoms with Crippen molar-refractivity contribution >= 4 is 34.8 Å². The summed E-state index contributed by atoms with van der Waals surface area (Å²) in [6.07, 6.45) is 2.07. The van der Waals surface area contributed by atoms with Gasteiger partial charge in [0.1, 0.15) is 0 Å². The molecule has 0 bridgehead atoms. The van der Waals surface area contributed by atoms with Crippen molar-refractivity contribution in [3.05, 3.63) is 50.7 Å². The van der Waals surface area contributed by atoms with E-state index in [1.807, 2.05) is 0 Å². The van der Waals surface area contributed by atoms with Crippen LogP contribution >= 0.6 is 34.8 Å². The van der Waals surface area contributed by atoms with Crippen molar-refractivity contribution in [3.63, 3.8) is 0 Å². The smallest absolute Gasteiger partial charge is 0.0834 e. The van der Waals surface area contributed by atoms with Crippen LogP contribution in [-0.4, -0.2) is 23.5 Å². The highest BCUT2D eigenvalue weighted by Crippen LogP contribution is 2.30. The molecule has 0 aliphatic carbocycles. The van der Waals surface area contributed by atoms with Gasteiger partial charge in [-0.15, -0.1) is 0 Å². The van der Waals surface area contributed by atoms with Crippen LogP contribution in [0.3, 0.4) is 0 Å². The lowest BCUT2D eigenvalue weighted by Gasteiger charge is -2.16. The van der Waals surface area contributed by atoms with E-state index in [2.05, 4.69) is 5.10 Å². The average Bonchev–Trinajstić information content (AvgIpc) is 2.81. The van der Waals surface area contributed by atoms with E-state index in [9.17, 15) is 0 Å². The monoisotopic (exact) mass is 347 g/mol. The lowest BCUT2D eigenvalue weighted by molar-refractivity contribution is 0.182. The third-order valence-corrected chi connectivity index (χ3v) is 4.18. The summed E-state index contributed by atoms with van der Waals surface area (Å²) in [5.41, 5.74) is 7.84. The normalized spacial score (nSPS) is 12.6. The first-order valence-electron chi connectivity index (χ1n) is 6.43. The lowest BCUT2D eigenvalue weighted by Crippen LogP contribution is -2.20. The first-order chi connectivity index (χ1) is 10.0. The predicted octanol–water partition coefficient (Wildman–Crippen LogP) is 3.73. The molecule has 1 aromatic heterocycles. The van der Waals surface area contributed by atoms with Crippen LogP contribution in [0.5, 0.6) is 0 Å². The quantitative estimate of drug-likeness (QED) is 0.865. The minimum absolute atomic E-state index is 0.353. The number of nitrogens with two attached hydrogens (primary N) is 1. The second-order valence-electron chi connectivity index (χ2n) is 4.60. The standard InChI is InChI=1S/C14H16Cl3N3O/c1-21-6-5-20-14(12(17)8-19-20)13(18)7-9-10(15)3-2-4-11(9)16/h2-4,8,13H,5-7,18H2,1H3. The summed E-state index contributed by atoms with van der Waals surface area (Å²) in [4.78, 5) is 0. The number of hydrogen-bond acceptors (Lipinski definition) is 3. The molecule has 1 atom stereocenters. The van der Waals surface area contributed by atoms with Gasteiger partial charge in [0.05, 0.1) is 36.1 Å². The Morgan fingerprint density at radius 2 is 1.90 bits per heavy atom. The number of methoxy groups -OCH3 is 1. The fourth-order valence-electron chi connectivity index (χ4n) is 2.14. The fraction of sp³-hybridized carbons (Fsp3) is 0.357. The minimum Gasteiger partial charge on any atom is -0.383 e. The van der Waals surface area contributed by atoms with Crippen LogP contribution < -0.4 is 5.73 Å². The maximum atomic E-state index is 6.28. The average molecular weight is 349 g/mol. The number of benzene rings is 1. The second kappa shape index (κ2) is 7.47. The molecule has 7 heteroatoms. The van der Waals surface area contributed by atoms with E-state index in [-0.39, 0.29) is 6.04 Å². The van der Waals surface area contributed by atoms with Gasteiger partial charge in [0.2, 0.25) is 0 Å². The van der Waals surface area contributed by atoms with Crippen molar-refractivity contribution in [2.45, 2.75) is 19.0 Å². The third-order valence-electron chi connectivity index (χ3n) is 3.18. The first-order valence-corrected chi connectivity index (χ1v) is 7.56. The molecule has 1 unspecified atom stereocenters. The largest absolute Gasteiger partial charge is 0.383 e. The summed E-state index contributed by atoms with van der Waals surface area (Å²) in [5.74, 6) is 0. The highest BCUT2D eigenvalue weighted by Gasteiger charge is 2.19. The molecular weight excluding hydrogens is 333 g/mol. The van der Waals surface area contributed by atoms with Gasteiger partial charge in [0, 0.05) is 17.2 Å². The van der Waals surface area contributed by atoms with Gasteiger partial charge >= 0.3 is 0 Å². The second-order valence-corrected chi connectivity index (χ2v) is 5.83. The molecule has 4 nitrogen and oxygen atoms in total. The van der Waals surface area contributed by atoms with E-state index in [4.69, 9.17) is 45.3 Å². The molecule has 0 radical (unpaired) electrons. The molecule has 0 aliphatic heterocycles. The Bertz CT molecular complexity index is 595. The maximum Gasteiger partial charge on any atom is 0.0834 e. The number of aromatic nitrogens is 2. The van der Waals surface area contributed by atoms with Crippen LogP contribution in [0.15, 0.2) is 24.4 Å². The zero-order valence-corrected chi connectivity index (χ0v) is 13.8. The van der Waals surface area contributed by atoms with Gasteiger partial charge in [-0.2, -0.15) is 5.10 Å². The first kappa shape index (κ1) is 16.6. The van der Waals surface area contributed by atoms with Crippen molar-refractivity contribution < 1.29 is 4.74 Å². The van der Waals surface area contributed by atoms with Gasteiger partial charge in [-0.05, 0) is 24.1 Å². The Labute approximate surface area is 138 Å². The van der Waals surface area contributed by atoms with E-state index in [1.54, 1.807) is 36.2 Å². The van der Waals surface area contributed by atoms with Crippen molar-refractivity contribution in [1.29, 1.82) is 0 Å². The van der Waals surface area contributed by atoms with E-state index < -0.39 is 0 Å². The Morgan fingerprint density at radius 3 is 2.52 bits per heavy atom. The topological polar surface area (TPSA) is 53.1 Å². The van der Waals surface area contributed by atoms with Crippen LogP contribution in [0.4, 0.5) is 0 Å². The number of nitrogens with zero attached hydrogens (tertiary/aromatic N) is 2. The van der Waals surface area contributed by atoms with Crippen molar-refractivity contribution in [2.75, 3.05) is 13.7 Å². The molecule has 2 aromatic rings. The van der Waals surface area contributed by atoms with Crippen molar-refractivity contribution in [2.24, 2.45) is 5.73 Å². The number of halogens is 3. The van der Waals surface area contributed by atoms with Crippen LogP contribution in [0.2, 0.25) is 15.1 Å². The predicted molar refractivity (Wildman–Crippen MR) is 86.2 cm³/mol. The van der Waals surface area contributed by atoms with Gasteiger partial charge in [0.25, 0.3) is 0 Å². The summed E-state index contributed by atoms with van der Waals surface area (Å²) in [6.45, 7) is 1.12. The van der Waals surface area contributed by atoms with Crippen molar-refractivity contribution in [3.8, 4) is 0 Å². The Morgan fingerprint density at radius 1 is 1.24 bits per heavy atom. The van der Waals surface area contributed by atoms with Crippen LogP contribution in [-0.2, 0) is 17.7 Å². The van der Waals surface area contributed by atoms with Gasteiger partial charge in [0.15, 0.2) is 0 Å². The van der Waals surface area contributed by atoms with Gasteiger partial charge in [-0.1, -0.05) is 40.9 Å². The van der Waals surface area contributed by atoms with Gasteiger partial charge < -0.3 is 10.5 Å². The molecular formula is C14H16Cl3N3O. The Balaban J connectivity index is 2.24. The molecule has 0 aliphatic rings. The Kier molecular flexibility index (Phi) is 5.90. The summed E-state index contributed by atoms with van der Waals surface area (Å²) in [7, 11) is 1.63. The van der Waals surface area contributed by atoms with Gasteiger partial charge in [-0.3, -0.25) is 4.68 Å². The highest BCUT2D eigenvalue weighted by molar-refractivity contribution is 6.36. The zero-order valence-electron chi connectivity index (χ0n) is 11.5. The highest BCUT2D eigenvalue weighted by atomic mass is 35.5. The molecule has 0 saturated carbocycles. The summed E-state index contributed by atoms with van der Waals surface area (Å²) in [6, 6.07) is 5.03. The molecule has 1 aromatic carbocycles.